The van der Waals surface area contributed by atoms with Crippen molar-refractivity contribution in [3.05, 3.63) is 52.0 Å². The molecule has 1 aliphatic rings. The number of fused-ring (bicyclic) bond motifs is 1. The molecule has 3 rings (SSSR count). The van der Waals surface area contributed by atoms with E-state index >= 15 is 0 Å². The molecule has 0 N–H and O–H groups in total. The maximum absolute atomic E-state index is 12.6. The van der Waals surface area contributed by atoms with Gasteiger partial charge in [0.25, 0.3) is 5.91 Å². The van der Waals surface area contributed by atoms with Crippen molar-refractivity contribution < 1.29 is 4.79 Å². The van der Waals surface area contributed by atoms with E-state index in [2.05, 4.69) is 39.3 Å². The molecule has 0 atom stereocenters. The van der Waals surface area contributed by atoms with Gasteiger partial charge in [0.1, 0.15) is 0 Å². The third kappa shape index (κ3) is 2.75. The van der Waals surface area contributed by atoms with Crippen LogP contribution in [0.4, 0.5) is 0 Å². The Morgan fingerprint density at radius 2 is 2.19 bits per heavy atom. The van der Waals surface area contributed by atoms with Crippen LogP contribution in [-0.4, -0.2) is 26.9 Å². The maximum Gasteiger partial charge on any atom is 0.254 e. The van der Waals surface area contributed by atoms with Gasteiger partial charge in [0, 0.05) is 29.0 Å². The fourth-order valence-corrected chi connectivity index (χ4v) is 3.13. The van der Waals surface area contributed by atoms with Crippen LogP contribution in [-0.2, 0) is 13.0 Å². The number of halogens is 1. The number of imidazole rings is 1. The fraction of sp³-hybridized carbons (Fsp3) is 0.375. The van der Waals surface area contributed by atoms with Crippen molar-refractivity contribution in [2.45, 2.75) is 32.9 Å². The molecule has 1 aliphatic heterocycles. The summed E-state index contributed by atoms with van der Waals surface area (Å²) in [5.74, 6) is 0.0819. The van der Waals surface area contributed by atoms with Crippen molar-refractivity contribution in [1.82, 2.24) is 14.5 Å². The summed E-state index contributed by atoms with van der Waals surface area (Å²) in [6, 6.07) is 7.92. The lowest BCUT2D eigenvalue weighted by molar-refractivity contribution is 0.0728. The summed E-state index contributed by atoms with van der Waals surface area (Å²) in [6.07, 6.45) is 2.72. The molecular weight excluding hydrogens is 330 g/mol. The highest BCUT2D eigenvalue weighted by atomic mass is 79.9. The zero-order chi connectivity index (χ0) is 15.0. The second-order valence-corrected chi connectivity index (χ2v) is 6.54. The number of carbonyl (C=O) groups is 1. The Balaban J connectivity index is 1.85. The minimum absolute atomic E-state index is 0.0819. The number of carbonyl (C=O) groups excluding carboxylic acids is 1. The van der Waals surface area contributed by atoms with E-state index < -0.39 is 0 Å². The largest absolute Gasteiger partial charge is 0.332 e. The van der Waals surface area contributed by atoms with Crippen LogP contribution >= 0.6 is 15.9 Å². The van der Waals surface area contributed by atoms with E-state index in [0.29, 0.717) is 12.6 Å². The molecule has 0 radical (unpaired) electrons. The van der Waals surface area contributed by atoms with Gasteiger partial charge in [-0.3, -0.25) is 4.79 Å². The third-order valence-electron chi connectivity index (χ3n) is 3.86. The zero-order valence-corrected chi connectivity index (χ0v) is 13.8. The summed E-state index contributed by atoms with van der Waals surface area (Å²) in [4.78, 5) is 19.0. The van der Waals surface area contributed by atoms with Crippen molar-refractivity contribution >= 4 is 21.8 Å². The molecule has 5 heteroatoms. The van der Waals surface area contributed by atoms with Gasteiger partial charge in [-0.15, -0.1) is 0 Å². The fourth-order valence-electron chi connectivity index (χ4n) is 2.73. The van der Waals surface area contributed by atoms with Gasteiger partial charge in [-0.25, -0.2) is 4.98 Å². The van der Waals surface area contributed by atoms with Crippen LogP contribution in [0.2, 0.25) is 0 Å². The van der Waals surface area contributed by atoms with Crippen LogP contribution in [0.25, 0.3) is 0 Å². The molecule has 0 saturated carbocycles. The van der Waals surface area contributed by atoms with Crippen LogP contribution in [0.15, 0.2) is 35.1 Å². The molecule has 0 aliphatic carbocycles. The lowest BCUT2D eigenvalue weighted by Crippen LogP contribution is -2.36. The van der Waals surface area contributed by atoms with Gasteiger partial charge in [0.15, 0.2) is 0 Å². The van der Waals surface area contributed by atoms with Gasteiger partial charge in [-0.1, -0.05) is 22.0 Å². The van der Waals surface area contributed by atoms with E-state index in [4.69, 9.17) is 0 Å². The highest BCUT2D eigenvalue weighted by molar-refractivity contribution is 9.10. The Labute approximate surface area is 132 Å². The topological polar surface area (TPSA) is 38.1 Å². The molecule has 1 aromatic heterocycles. The quantitative estimate of drug-likeness (QED) is 0.834. The van der Waals surface area contributed by atoms with Crippen LogP contribution in [0, 0.1) is 0 Å². The molecule has 1 amide bonds. The molecule has 4 nitrogen and oxygen atoms in total. The van der Waals surface area contributed by atoms with Crippen molar-refractivity contribution in [2.24, 2.45) is 0 Å². The first-order valence-corrected chi connectivity index (χ1v) is 7.95. The Hall–Kier alpha value is -1.62. The second-order valence-electron chi connectivity index (χ2n) is 5.63. The molecule has 2 aromatic rings. The summed E-state index contributed by atoms with van der Waals surface area (Å²) < 4.78 is 3.09. The Morgan fingerprint density at radius 3 is 2.90 bits per heavy atom. The van der Waals surface area contributed by atoms with E-state index in [1.807, 2.05) is 35.5 Å². The minimum atomic E-state index is 0.0819. The minimum Gasteiger partial charge on any atom is -0.332 e. The molecule has 0 saturated heterocycles. The summed E-state index contributed by atoms with van der Waals surface area (Å²) in [5.41, 5.74) is 3.02. The van der Waals surface area contributed by atoms with Crippen LogP contribution in [0.1, 0.15) is 41.6 Å². The van der Waals surface area contributed by atoms with Gasteiger partial charge < -0.3 is 9.47 Å². The zero-order valence-electron chi connectivity index (χ0n) is 12.2. The van der Waals surface area contributed by atoms with E-state index in [9.17, 15) is 4.79 Å². The molecule has 0 unspecified atom stereocenters. The van der Waals surface area contributed by atoms with Gasteiger partial charge >= 0.3 is 0 Å². The SMILES string of the molecule is CC(C)n1cnc2c1CN(C(=O)c1cccc(Br)c1)CC2. The maximum atomic E-state index is 12.6. The first-order valence-electron chi connectivity index (χ1n) is 7.15. The van der Waals surface area contributed by atoms with Crippen molar-refractivity contribution in [2.75, 3.05) is 6.54 Å². The van der Waals surface area contributed by atoms with Crippen LogP contribution in [0.5, 0.6) is 0 Å². The number of amides is 1. The summed E-state index contributed by atoms with van der Waals surface area (Å²) in [5, 5.41) is 0. The number of aromatic nitrogens is 2. The number of nitrogens with zero attached hydrogens (tertiary/aromatic N) is 3. The van der Waals surface area contributed by atoms with Crippen LogP contribution < -0.4 is 0 Å². The predicted molar refractivity (Wildman–Crippen MR) is 85.2 cm³/mol. The first kappa shape index (κ1) is 14.3. The Kier molecular flexibility index (Phi) is 3.85. The second kappa shape index (κ2) is 5.64. The molecule has 0 spiro atoms. The van der Waals surface area contributed by atoms with E-state index in [-0.39, 0.29) is 5.91 Å². The summed E-state index contributed by atoms with van der Waals surface area (Å²) in [7, 11) is 0. The first-order chi connectivity index (χ1) is 10.1. The Morgan fingerprint density at radius 1 is 1.38 bits per heavy atom. The molecular formula is C16H18BrN3O. The van der Waals surface area contributed by atoms with Gasteiger partial charge in [0.2, 0.25) is 0 Å². The van der Waals surface area contributed by atoms with E-state index in [1.165, 1.54) is 5.69 Å². The molecule has 21 heavy (non-hydrogen) atoms. The van der Waals surface area contributed by atoms with Crippen molar-refractivity contribution in [3.8, 4) is 0 Å². The number of rotatable bonds is 2. The number of hydrogen-bond donors (Lipinski definition) is 0. The summed E-state index contributed by atoms with van der Waals surface area (Å²) >= 11 is 3.42. The van der Waals surface area contributed by atoms with Gasteiger partial charge in [-0.2, -0.15) is 0 Å². The molecule has 2 heterocycles. The van der Waals surface area contributed by atoms with Gasteiger partial charge in [0.05, 0.1) is 24.3 Å². The van der Waals surface area contributed by atoms with Crippen LogP contribution in [0.3, 0.4) is 0 Å². The number of benzene rings is 1. The van der Waals surface area contributed by atoms with E-state index in [1.54, 1.807) is 0 Å². The summed E-state index contributed by atoms with van der Waals surface area (Å²) in [6.45, 7) is 5.64. The van der Waals surface area contributed by atoms with E-state index in [0.717, 1.165) is 28.7 Å². The smallest absolute Gasteiger partial charge is 0.254 e. The van der Waals surface area contributed by atoms with Crippen molar-refractivity contribution in [3.63, 3.8) is 0 Å². The highest BCUT2D eigenvalue weighted by Gasteiger charge is 2.25. The standard InChI is InChI=1S/C16H18BrN3O/c1-11(2)20-10-18-14-6-7-19(9-15(14)20)16(21)12-4-3-5-13(17)8-12/h3-5,8,10-11H,6-7,9H2,1-2H3. The molecule has 1 aromatic carbocycles. The lowest BCUT2D eigenvalue weighted by Gasteiger charge is -2.28. The molecule has 0 bridgehead atoms. The molecule has 110 valence electrons. The average Bonchev–Trinajstić information content (AvgIpc) is 2.89. The predicted octanol–water partition coefficient (Wildman–Crippen LogP) is 3.43. The molecule has 0 fully saturated rings. The third-order valence-corrected chi connectivity index (χ3v) is 4.35. The Bertz CT molecular complexity index is 678. The normalized spacial score (nSPS) is 14.4. The van der Waals surface area contributed by atoms with Gasteiger partial charge in [-0.05, 0) is 32.0 Å². The number of hydrogen-bond acceptors (Lipinski definition) is 2. The average molecular weight is 348 g/mol. The highest BCUT2D eigenvalue weighted by Crippen LogP contribution is 2.23. The van der Waals surface area contributed by atoms with Crippen molar-refractivity contribution in [1.29, 1.82) is 0 Å². The monoisotopic (exact) mass is 347 g/mol. The lowest BCUT2D eigenvalue weighted by atomic mass is 10.1.